The minimum atomic E-state index is -4.52. The number of carbonyl (C=O) groups excluding carboxylic acids is 1. The van der Waals surface area contributed by atoms with Gasteiger partial charge in [-0.25, -0.2) is 9.18 Å². The highest BCUT2D eigenvalue weighted by atomic mass is 19.4. The zero-order chi connectivity index (χ0) is 25.9. The number of hydrogen-bond donors (Lipinski definition) is 2. The Labute approximate surface area is 200 Å². The number of benzene rings is 1. The summed E-state index contributed by atoms with van der Waals surface area (Å²) in [5.41, 5.74) is 5.91. The van der Waals surface area contributed by atoms with Crippen molar-refractivity contribution in [1.29, 1.82) is 0 Å². The molecule has 2 atom stereocenters. The van der Waals surface area contributed by atoms with Crippen molar-refractivity contribution in [2.75, 3.05) is 13.2 Å². The average Bonchev–Trinajstić information content (AvgIpc) is 3.42. The molecule has 1 saturated heterocycles. The van der Waals surface area contributed by atoms with Crippen molar-refractivity contribution in [2.24, 2.45) is 5.73 Å². The molecule has 0 aliphatic carbocycles. The first-order chi connectivity index (χ1) is 16.5. The van der Waals surface area contributed by atoms with Crippen molar-refractivity contribution in [1.82, 2.24) is 9.47 Å². The molecule has 0 bridgehead atoms. The fourth-order valence-electron chi connectivity index (χ4n) is 4.29. The van der Waals surface area contributed by atoms with Crippen LogP contribution >= 0.6 is 0 Å². The Bertz CT molecular complexity index is 1080. The summed E-state index contributed by atoms with van der Waals surface area (Å²) in [6.45, 7) is 5.82. The van der Waals surface area contributed by atoms with E-state index in [2.05, 4.69) is 0 Å². The van der Waals surface area contributed by atoms with E-state index in [0.29, 0.717) is 37.0 Å². The maximum atomic E-state index is 13.2. The van der Waals surface area contributed by atoms with Gasteiger partial charge in [0.15, 0.2) is 0 Å². The van der Waals surface area contributed by atoms with Crippen molar-refractivity contribution < 1.29 is 37.0 Å². The lowest BCUT2D eigenvalue weighted by molar-refractivity contribution is -0.137. The van der Waals surface area contributed by atoms with Gasteiger partial charge in [0.1, 0.15) is 11.5 Å². The predicted molar refractivity (Wildman–Crippen MR) is 119 cm³/mol. The van der Waals surface area contributed by atoms with E-state index in [1.54, 1.807) is 11.5 Å². The van der Waals surface area contributed by atoms with E-state index in [-0.39, 0.29) is 29.7 Å². The number of rotatable bonds is 4. The standard InChI is InChI=1S/C14H18N2O4.C10H11F4N/c1-9-3-2-4-15(9)13(17)11-7-10(14(18)19)12-8-20-6-5-16(11)12;1-2-9(15)7-4-3-6(5-8(7)11)10(12,13)14/h7,9H,2-6,8H2,1H3,(H,18,19);3-5,9H,2,15H2,1H3/t2*9-/m01/s1. The number of ether oxygens (including phenoxy) is 1. The van der Waals surface area contributed by atoms with Crippen LogP contribution in [0.2, 0.25) is 0 Å². The summed E-state index contributed by atoms with van der Waals surface area (Å²) in [5, 5.41) is 9.26. The van der Waals surface area contributed by atoms with Gasteiger partial charge in [-0.05, 0) is 44.4 Å². The number of carbonyl (C=O) groups is 2. The number of aromatic carboxylic acids is 1. The largest absolute Gasteiger partial charge is 0.478 e. The molecule has 7 nitrogen and oxygen atoms in total. The van der Waals surface area contributed by atoms with E-state index in [1.165, 1.54) is 6.07 Å². The topological polar surface area (TPSA) is 97.8 Å². The number of alkyl halides is 3. The molecule has 0 radical (unpaired) electrons. The molecule has 2 aliphatic heterocycles. The number of nitrogens with zero attached hydrogens (tertiary/aromatic N) is 2. The smallest absolute Gasteiger partial charge is 0.416 e. The van der Waals surface area contributed by atoms with Crippen molar-refractivity contribution in [3.8, 4) is 0 Å². The molecule has 1 aromatic heterocycles. The third-order valence-corrected chi connectivity index (χ3v) is 6.34. The maximum absolute atomic E-state index is 13.2. The van der Waals surface area contributed by atoms with E-state index < -0.39 is 29.6 Å². The highest BCUT2D eigenvalue weighted by Gasteiger charge is 2.32. The molecular weight excluding hydrogens is 470 g/mol. The average molecular weight is 500 g/mol. The summed E-state index contributed by atoms with van der Waals surface area (Å²) in [6, 6.07) is 3.57. The molecule has 35 heavy (non-hydrogen) atoms. The molecule has 3 heterocycles. The van der Waals surface area contributed by atoms with Gasteiger partial charge in [-0.1, -0.05) is 13.0 Å². The second kappa shape index (κ2) is 10.8. The third kappa shape index (κ3) is 5.84. The van der Waals surface area contributed by atoms with Gasteiger partial charge < -0.3 is 25.0 Å². The molecule has 4 rings (SSSR count). The number of amides is 1. The van der Waals surface area contributed by atoms with E-state index >= 15 is 0 Å². The number of hydrogen-bond acceptors (Lipinski definition) is 4. The number of halogens is 4. The Kier molecular flexibility index (Phi) is 8.22. The predicted octanol–water partition coefficient (Wildman–Crippen LogP) is 4.60. The third-order valence-electron chi connectivity index (χ3n) is 6.34. The van der Waals surface area contributed by atoms with Gasteiger partial charge in [-0.15, -0.1) is 0 Å². The molecule has 11 heteroatoms. The SMILES string of the molecule is CC[C@@H](N)c1ccc(C(F)(F)F)cc1F.C[C@H]1CCCN1C(=O)c1cc(C(=O)O)c2n1CCOC2. The van der Waals surface area contributed by atoms with Crippen molar-refractivity contribution in [2.45, 2.75) is 64.5 Å². The zero-order valence-electron chi connectivity index (χ0n) is 19.6. The highest BCUT2D eigenvalue weighted by Crippen LogP contribution is 2.31. The number of carboxylic acid groups (broad SMARTS) is 1. The van der Waals surface area contributed by atoms with Crippen LogP contribution in [0.3, 0.4) is 0 Å². The van der Waals surface area contributed by atoms with Crippen LogP contribution in [-0.4, -0.2) is 45.6 Å². The Balaban J connectivity index is 0.000000205. The van der Waals surface area contributed by atoms with Gasteiger partial charge in [0.05, 0.1) is 30.0 Å². The number of fused-ring (bicyclic) bond motifs is 1. The van der Waals surface area contributed by atoms with Crippen LogP contribution in [0.15, 0.2) is 24.3 Å². The van der Waals surface area contributed by atoms with Crippen LogP contribution in [0.5, 0.6) is 0 Å². The van der Waals surface area contributed by atoms with Crippen LogP contribution in [0.25, 0.3) is 0 Å². The van der Waals surface area contributed by atoms with E-state index in [0.717, 1.165) is 31.5 Å². The first kappa shape index (κ1) is 26.7. The Morgan fingerprint density at radius 2 is 1.97 bits per heavy atom. The van der Waals surface area contributed by atoms with E-state index in [4.69, 9.17) is 10.5 Å². The Morgan fingerprint density at radius 3 is 2.51 bits per heavy atom. The molecule has 1 aromatic carbocycles. The lowest BCUT2D eigenvalue weighted by Gasteiger charge is -2.24. The van der Waals surface area contributed by atoms with Gasteiger partial charge in [0.2, 0.25) is 0 Å². The summed E-state index contributed by atoms with van der Waals surface area (Å²) in [7, 11) is 0. The van der Waals surface area contributed by atoms with Crippen LogP contribution in [-0.2, 0) is 24.1 Å². The monoisotopic (exact) mass is 499 g/mol. The lowest BCUT2D eigenvalue weighted by atomic mass is 10.0. The minimum Gasteiger partial charge on any atom is -0.478 e. The summed E-state index contributed by atoms with van der Waals surface area (Å²) in [6.07, 6.45) is -2.03. The molecule has 0 spiro atoms. The van der Waals surface area contributed by atoms with Crippen LogP contribution in [0.4, 0.5) is 17.6 Å². The van der Waals surface area contributed by atoms with Gasteiger partial charge >= 0.3 is 12.1 Å². The van der Waals surface area contributed by atoms with E-state index in [9.17, 15) is 32.3 Å². The summed E-state index contributed by atoms with van der Waals surface area (Å²) in [5.74, 6) is -1.97. The molecule has 2 aromatic rings. The van der Waals surface area contributed by atoms with Crippen molar-refractivity contribution in [3.63, 3.8) is 0 Å². The summed E-state index contributed by atoms with van der Waals surface area (Å²) in [4.78, 5) is 25.8. The molecular formula is C24H29F4N3O4. The lowest BCUT2D eigenvalue weighted by Crippen LogP contribution is -2.35. The molecule has 3 N–H and O–H groups in total. The Hall–Kier alpha value is -2.92. The molecule has 1 amide bonds. The molecule has 1 fully saturated rings. The maximum Gasteiger partial charge on any atom is 0.416 e. The van der Waals surface area contributed by atoms with Crippen LogP contribution in [0, 0.1) is 5.82 Å². The summed E-state index contributed by atoms with van der Waals surface area (Å²) >= 11 is 0. The van der Waals surface area contributed by atoms with Crippen LogP contribution in [0.1, 0.15) is 76.8 Å². The first-order valence-electron chi connectivity index (χ1n) is 11.4. The molecule has 0 unspecified atom stereocenters. The number of aromatic nitrogens is 1. The second-order valence-corrected chi connectivity index (χ2v) is 8.64. The van der Waals surface area contributed by atoms with Crippen LogP contribution < -0.4 is 5.73 Å². The second-order valence-electron chi connectivity index (χ2n) is 8.64. The zero-order valence-corrected chi connectivity index (χ0v) is 19.6. The summed E-state index contributed by atoms with van der Waals surface area (Å²) < 4.78 is 56.9. The van der Waals surface area contributed by atoms with Gasteiger partial charge in [0.25, 0.3) is 5.91 Å². The molecule has 0 saturated carbocycles. The number of nitrogens with two attached hydrogens (primary N) is 1. The van der Waals surface area contributed by atoms with Gasteiger partial charge in [-0.2, -0.15) is 13.2 Å². The van der Waals surface area contributed by atoms with Crippen molar-refractivity contribution >= 4 is 11.9 Å². The number of likely N-dealkylation sites (tertiary alicyclic amines) is 1. The minimum absolute atomic E-state index is 0.0642. The molecule has 2 aliphatic rings. The molecule has 192 valence electrons. The van der Waals surface area contributed by atoms with Gasteiger partial charge in [0, 0.05) is 30.7 Å². The fraction of sp³-hybridized carbons (Fsp3) is 0.500. The fourth-order valence-corrected chi connectivity index (χ4v) is 4.29. The van der Waals surface area contributed by atoms with Crippen molar-refractivity contribution in [3.05, 3.63) is 58.2 Å². The first-order valence-corrected chi connectivity index (χ1v) is 11.4. The van der Waals surface area contributed by atoms with E-state index in [1.807, 2.05) is 11.8 Å². The normalized spacial score (nSPS) is 18.5. The quantitative estimate of drug-likeness (QED) is 0.600. The highest BCUT2D eigenvalue weighted by molar-refractivity contribution is 5.98. The van der Waals surface area contributed by atoms with Gasteiger partial charge in [-0.3, -0.25) is 4.79 Å². The number of carboxylic acids is 1. The Morgan fingerprint density at radius 1 is 1.26 bits per heavy atom.